The van der Waals surface area contributed by atoms with Crippen molar-refractivity contribution < 1.29 is 0 Å². The van der Waals surface area contributed by atoms with Crippen molar-refractivity contribution in [2.45, 2.75) is 65.3 Å². The predicted octanol–water partition coefficient (Wildman–Crippen LogP) is 6.72. The van der Waals surface area contributed by atoms with E-state index in [1.54, 1.807) is 0 Å². The van der Waals surface area contributed by atoms with Crippen LogP contribution in [0.1, 0.15) is 64.9 Å². The van der Waals surface area contributed by atoms with Crippen LogP contribution in [0.15, 0.2) is 47.5 Å². The van der Waals surface area contributed by atoms with E-state index < -0.39 is 0 Å². The molecule has 2 rings (SSSR count). The fourth-order valence-electron chi connectivity index (χ4n) is 3.12. The maximum absolute atomic E-state index is 6.04. The van der Waals surface area contributed by atoms with Crippen molar-refractivity contribution in [3.63, 3.8) is 0 Å². The monoisotopic (exact) mass is 358 g/mol. The van der Waals surface area contributed by atoms with Crippen LogP contribution in [0.4, 0.5) is 0 Å². The second kappa shape index (κ2) is 9.82. The zero-order valence-electron chi connectivity index (χ0n) is 15.9. The predicted molar refractivity (Wildman–Crippen MR) is 111 cm³/mol. The van der Waals surface area contributed by atoms with E-state index in [9.17, 15) is 0 Å². The van der Waals surface area contributed by atoms with Crippen molar-refractivity contribution in [1.82, 2.24) is 4.90 Å². The molecular weight excluding hydrogens is 328 g/mol. The molecule has 1 atom stereocenters. The second-order valence-corrected chi connectivity index (χ2v) is 7.19. The Morgan fingerprint density at radius 2 is 1.88 bits per heavy atom. The van der Waals surface area contributed by atoms with Gasteiger partial charge in [0.25, 0.3) is 0 Å². The largest absolute Gasteiger partial charge is 0.350 e. The van der Waals surface area contributed by atoms with Gasteiger partial charge in [-0.15, -0.1) is 0 Å². The average Bonchev–Trinajstić information content (AvgIpc) is 2.63. The van der Waals surface area contributed by atoms with E-state index in [1.165, 1.54) is 30.7 Å². The van der Waals surface area contributed by atoms with Crippen LogP contribution >= 0.6 is 11.6 Å². The number of unbranched alkanes of at least 4 members (excludes halogenated alkanes) is 2. The molecule has 1 aliphatic heterocycles. The summed E-state index contributed by atoms with van der Waals surface area (Å²) in [6.45, 7) is 11.8. The maximum atomic E-state index is 6.04. The number of halogens is 1. The average molecular weight is 359 g/mol. The smallest absolute Gasteiger partial charge is 0.106 e. The zero-order chi connectivity index (χ0) is 18.2. The minimum Gasteiger partial charge on any atom is -0.350 e. The summed E-state index contributed by atoms with van der Waals surface area (Å²) < 4.78 is 0. The van der Waals surface area contributed by atoms with E-state index >= 15 is 0 Å². The minimum atomic E-state index is 0.378. The third kappa shape index (κ3) is 5.47. The molecule has 2 nitrogen and oxygen atoms in total. The molecule has 1 aliphatic rings. The molecule has 0 amide bonds. The first-order chi connectivity index (χ1) is 12.1. The standard InChI is InChI=1S/C22H31ClN2/c1-5-8-9-10-22-24-21(18-11-13-19(23)14-12-18)15-20(7-3)25(22)16-17(4)6-2/h11-15,20H,4-10,16H2,1-3H3. The summed E-state index contributed by atoms with van der Waals surface area (Å²) in [5.41, 5.74) is 3.49. The van der Waals surface area contributed by atoms with Crippen molar-refractivity contribution in [2.24, 2.45) is 4.99 Å². The van der Waals surface area contributed by atoms with Crippen LogP contribution in [0.2, 0.25) is 5.02 Å². The summed E-state index contributed by atoms with van der Waals surface area (Å²) in [5, 5.41) is 0.764. The number of nitrogens with zero attached hydrogens (tertiary/aromatic N) is 2. The summed E-state index contributed by atoms with van der Waals surface area (Å²) in [4.78, 5) is 7.50. The number of hydrogen-bond donors (Lipinski definition) is 0. The molecule has 0 radical (unpaired) electrons. The molecular formula is C22H31ClN2. The van der Waals surface area contributed by atoms with Gasteiger partial charge >= 0.3 is 0 Å². The van der Waals surface area contributed by atoms with Crippen LogP contribution in [0, 0.1) is 0 Å². The Balaban J connectivity index is 2.31. The van der Waals surface area contributed by atoms with Crippen molar-refractivity contribution >= 4 is 23.1 Å². The van der Waals surface area contributed by atoms with Gasteiger partial charge in [-0.1, -0.05) is 69.5 Å². The highest BCUT2D eigenvalue weighted by Crippen LogP contribution is 2.28. The van der Waals surface area contributed by atoms with E-state index in [1.807, 2.05) is 12.1 Å². The Labute approximate surface area is 158 Å². The molecule has 1 heterocycles. The van der Waals surface area contributed by atoms with Crippen molar-refractivity contribution in [3.8, 4) is 0 Å². The molecule has 0 aliphatic carbocycles. The highest BCUT2D eigenvalue weighted by atomic mass is 35.5. The molecule has 0 aromatic heterocycles. The first kappa shape index (κ1) is 19.8. The van der Waals surface area contributed by atoms with Gasteiger partial charge in [-0.3, -0.25) is 0 Å². The molecule has 0 spiro atoms. The van der Waals surface area contributed by atoms with E-state index in [0.717, 1.165) is 42.1 Å². The summed E-state index contributed by atoms with van der Waals surface area (Å²) in [6, 6.07) is 8.39. The highest BCUT2D eigenvalue weighted by molar-refractivity contribution is 6.30. The first-order valence-corrected chi connectivity index (χ1v) is 9.95. The van der Waals surface area contributed by atoms with Gasteiger partial charge in [-0.25, -0.2) is 4.99 Å². The van der Waals surface area contributed by atoms with Gasteiger partial charge in [0.1, 0.15) is 5.84 Å². The molecule has 0 bridgehead atoms. The minimum absolute atomic E-state index is 0.378. The van der Waals surface area contributed by atoms with Gasteiger partial charge in [-0.2, -0.15) is 0 Å². The lowest BCUT2D eigenvalue weighted by molar-refractivity contribution is 0.360. The quantitative estimate of drug-likeness (QED) is 0.353. The van der Waals surface area contributed by atoms with Gasteiger partial charge < -0.3 is 4.90 Å². The van der Waals surface area contributed by atoms with Crippen LogP contribution in [0.25, 0.3) is 5.70 Å². The third-order valence-electron chi connectivity index (χ3n) is 4.79. The normalized spacial score (nSPS) is 17.3. The van der Waals surface area contributed by atoms with Gasteiger partial charge in [0.05, 0.1) is 11.7 Å². The topological polar surface area (TPSA) is 15.6 Å². The van der Waals surface area contributed by atoms with Crippen LogP contribution < -0.4 is 0 Å². The molecule has 0 saturated heterocycles. The molecule has 136 valence electrons. The summed E-state index contributed by atoms with van der Waals surface area (Å²) >= 11 is 6.04. The van der Waals surface area contributed by atoms with E-state index in [-0.39, 0.29) is 0 Å². The number of aliphatic imine (C=N–C) groups is 1. The van der Waals surface area contributed by atoms with Crippen molar-refractivity contribution in [3.05, 3.63) is 53.1 Å². The van der Waals surface area contributed by atoms with Gasteiger partial charge in [0, 0.05) is 23.6 Å². The Morgan fingerprint density at radius 3 is 2.48 bits per heavy atom. The van der Waals surface area contributed by atoms with Gasteiger partial charge in [0.15, 0.2) is 0 Å². The highest BCUT2D eigenvalue weighted by Gasteiger charge is 2.24. The Hall–Kier alpha value is -1.54. The van der Waals surface area contributed by atoms with Crippen molar-refractivity contribution in [1.29, 1.82) is 0 Å². The van der Waals surface area contributed by atoms with Gasteiger partial charge in [0.2, 0.25) is 0 Å². The van der Waals surface area contributed by atoms with Gasteiger partial charge in [-0.05, 0) is 37.5 Å². The molecule has 25 heavy (non-hydrogen) atoms. The van der Waals surface area contributed by atoms with E-state index in [4.69, 9.17) is 16.6 Å². The fourth-order valence-corrected chi connectivity index (χ4v) is 3.24. The maximum Gasteiger partial charge on any atom is 0.106 e. The molecule has 1 unspecified atom stereocenters. The molecule has 0 N–H and O–H groups in total. The van der Waals surface area contributed by atoms with Crippen LogP contribution in [-0.4, -0.2) is 23.3 Å². The number of amidine groups is 1. The second-order valence-electron chi connectivity index (χ2n) is 6.75. The number of rotatable bonds is 9. The fraction of sp³-hybridized carbons (Fsp3) is 0.500. The van der Waals surface area contributed by atoms with E-state index in [2.05, 4.69) is 50.5 Å². The Kier molecular flexibility index (Phi) is 7.77. The first-order valence-electron chi connectivity index (χ1n) is 9.57. The Morgan fingerprint density at radius 1 is 1.16 bits per heavy atom. The van der Waals surface area contributed by atoms with E-state index in [0.29, 0.717) is 6.04 Å². The summed E-state index contributed by atoms with van der Waals surface area (Å²) in [6.07, 6.45) is 9.09. The lowest BCUT2D eigenvalue weighted by atomic mass is 10.0. The van der Waals surface area contributed by atoms with Crippen molar-refractivity contribution in [2.75, 3.05) is 6.54 Å². The van der Waals surface area contributed by atoms with Crippen LogP contribution in [0.3, 0.4) is 0 Å². The number of hydrogen-bond acceptors (Lipinski definition) is 2. The Bertz CT molecular complexity index is 628. The molecule has 1 aromatic rings. The zero-order valence-corrected chi connectivity index (χ0v) is 16.6. The summed E-state index contributed by atoms with van der Waals surface area (Å²) in [7, 11) is 0. The molecule has 0 fully saturated rings. The lowest BCUT2D eigenvalue weighted by Crippen LogP contribution is -2.42. The van der Waals surface area contributed by atoms with Crippen LogP contribution in [0.5, 0.6) is 0 Å². The molecule has 0 saturated carbocycles. The molecule has 3 heteroatoms. The summed E-state index contributed by atoms with van der Waals surface area (Å²) in [5.74, 6) is 1.21. The SMILES string of the molecule is C=C(CC)CN1C(CCCCC)=NC(c2ccc(Cl)cc2)=CC1CC. The molecule has 1 aromatic carbocycles. The van der Waals surface area contributed by atoms with Crippen LogP contribution in [-0.2, 0) is 0 Å². The lowest BCUT2D eigenvalue weighted by Gasteiger charge is -2.36. The third-order valence-corrected chi connectivity index (χ3v) is 5.04. The number of benzene rings is 1.